The molecule has 0 aromatic carbocycles. The Hall–Kier alpha value is -2.08. The molecule has 1 unspecified atom stereocenters. The van der Waals surface area contributed by atoms with Crippen LogP contribution in [-0.4, -0.2) is 57.9 Å². The molecule has 2 aliphatic heterocycles. The summed E-state index contributed by atoms with van der Waals surface area (Å²) in [6.45, 7) is 3.15. The molecular formula is C16H21FN2O8. The molecule has 0 saturated carbocycles. The second-order valence-electron chi connectivity index (χ2n) is 6.50. The molecule has 0 aliphatic carbocycles. The van der Waals surface area contributed by atoms with Gasteiger partial charge in [0.25, 0.3) is 5.56 Å². The third-order valence-electron chi connectivity index (χ3n) is 4.52. The molecule has 0 spiro atoms. The van der Waals surface area contributed by atoms with Gasteiger partial charge in [-0.3, -0.25) is 19.1 Å². The molecule has 5 atom stereocenters. The van der Waals surface area contributed by atoms with Crippen LogP contribution in [-0.2, 0) is 23.7 Å². The fourth-order valence-electron chi connectivity index (χ4n) is 3.28. The number of hydrogen-bond donors (Lipinski definition) is 2. The number of ether oxygens (including phenoxy) is 4. The molecule has 3 heterocycles. The summed E-state index contributed by atoms with van der Waals surface area (Å²) in [6.07, 6.45) is -2.58. The number of carbonyl (C=O) groups excluding carboxylic acids is 1. The highest BCUT2D eigenvalue weighted by Gasteiger charge is 2.57. The van der Waals surface area contributed by atoms with E-state index in [-0.39, 0.29) is 19.4 Å². The minimum absolute atomic E-state index is 0.0479. The van der Waals surface area contributed by atoms with Gasteiger partial charge in [0.1, 0.15) is 18.3 Å². The molecule has 0 amide bonds. The fraction of sp³-hybridized carbons (Fsp3) is 0.688. The standard InChI is InChI=1S/C16H21FN2O8/c1-3-24-10(21)4-5-16(2)26-11-9(7-20)25-14(12(11)27-16)19-6-8(17)13(22)18-15(19)23/h6,9,11-12,14,20H,3-5,7H2,1-2H3,(H,18,22,23)/t9-,11-,12-,14-,16?/m1/s1. The SMILES string of the molecule is CCOC(=O)CCC1(C)O[C@@H]2[C@H](O1)[C@@H](CO)O[C@H]2n1cc(F)c(=O)[nH]c1=O. The predicted molar refractivity (Wildman–Crippen MR) is 86.3 cm³/mol. The number of aliphatic hydroxyl groups excluding tert-OH is 1. The number of carbonyl (C=O) groups is 1. The lowest BCUT2D eigenvalue weighted by molar-refractivity contribution is -0.215. The van der Waals surface area contributed by atoms with Crippen molar-refractivity contribution in [2.24, 2.45) is 0 Å². The van der Waals surface area contributed by atoms with Crippen LogP contribution in [0.1, 0.15) is 32.9 Å². The van der Waals surface area contributed by atoms with Gasteiger partial charge in [-0.1, -0.05) is 0 Å². The molecule has 2 aliphatic rings. The Labute approximate surface area is 152 Å². The molecule has 150 valence electrons. The number of H-pyrrole nitrogens is 1. The zero-order chi connectivity index (χ0) is 19.8. The number of halogens is 1. The summed E-state index contributed by atoms with van der Waals surface area (Å²) in [5.74, 6) is -2.75. The second-order valence-corrected chi connectivity index (χ2v) is 6.50. The van der Waals surface area contributed by atoms with Gasteiger partial charge in [0.2, 0.25) is 5.82 Å². The average Bonchev–Trinajstić information content (AvgIpc) is 3.11. The molecule has 11 heteroatoms. The zero-order valence-corrected chi connectivity index (χ0v) is 14.8. The molecule has 2 N–H and O–H groups in total. The molecule has 0 radical (unpaired) electrons. The number of aromatic amines is 1. The van der Waals surface area contributed by atoms with E-state index in [4.69, 9.17) is 18.9 Å². The van der Waals surface area contributed by atoms with Crippen molar-refractivity contribution < 1.29 is 33.2 Å². The van der Waals surface area contributed by atoms with Gasteiger partial charge < -0.3 is 24.1 Å². The van der Waals surface area contributed by atoms with E-state index >= 15 is 0 Å². The van der Waals surface area contributed by atoms with E-state index < -0.39 is 60.0 Å². The van der Waals surface area contributed by atoms with Crippen molar-refractivity contribution in [3.8, 4) is 0 Å². The summed E-state index contributed by atoms with van der Waals surface area (Å²) in [5, 5.41) is 9.55. The Balaban J connectivity index is 1.82. The lowest BCUT2D eigenvalue weighted by atomic mass is 10.1. The topological polar surface area (TPSA) is 129 Å². The van der Waals surface area contributed by atoms with Crippen molar-refractivity contribution in [3.63, 3.8) is 0 Å². The van der Waals surface area contributed by atoms with Gasteiger partial charge >= 0.3 is 11.7 Å². The fourth-order valence-corrected chi connectivity index (χ4v) is 3.28. The van der Waals surface area contributed by atoms with Gasteiger partial charge in [0.15, 0.2) is 12.0 Å². The molecule has 2 saturated heterocycles. The van der Waals surface area contributed by atoms with E-state index in [1.54, 1.807) is 13.8 Å². The minimum Gasteiger partial charge on any atom is -0.466 e. The molecule has 1 aromatic heterocycles. The van der Waals surface area contributed by atoms with Crippen LogP contribution in [0.3, 0.4) is 0 Å². The Morgan fingerprint density at radius 3 is 2.78 bits per heavy atom. The van der Waals surface area contributed by atoms with Gasteiger partial charge in [-0.25, -0.2) is 4.79 Å². The van der Waals surface area contributed by atoms with Crippen LogP contribution in [0.5, 0.6) is 0 Å². The van der Waals surface area contributed by atoms with Gasteiger partial charge in [-0.2, -0.15) is 4.39 Å². The summed E-state index contributed by atoms with van der Waals surface area (Å²) >= 11 is 0. The van der Waals surface area contributed by atoms with Crippen molar-refractivity contribution in [2.45, 2.75) is 57.0 Å². The first-order valence-corrected chi connectivity index (χ1v) is 8.56. The molecule has 1 aromatic rings. The van der Waals surface area contributed by atoms with Crippen LogP contribution in [0.15, 0.2) is 15.8 Å². The molecule has 0 bridgehead atoms. The van der Waals surface area contributed by atoms with Crippen LogP contribution in [0.4, 0.5) is 4.39 Å². The third kappa shape index (κ3) is 3.81. The summed E-state index contributed by atoms with van der Waals surface area (Å²) in [6, 6.07) is 0. The Bertz CT molecular complexity index is 823. The van der Waals surface area contributed by atoms with Gasteiger partial charge in [0, 0.05) is 6.42 Å². The molecule has 2 fully saturated rings. The number of rotatable bonds is 6. The highest BCUT2D eigenvalue weighted by molar-refractivity contribution is 5.69. The van der Waals surface area contributed by atoms with E-state index in [2.05, 4.69) is 0 Å². The first kappa shape index (κ1) is 19.7. The summed E-state index contributed by atoms with van der Waals surface area (Å²) in [7, 11) is 0. The molecular weight excluding hydrogens is 367 g/mol. The lowest BCUT2D eigenvalue weighted by Crippen LogP contribution is -2.38. The smallest absolute Gasteiger partial charge is 0.330 e. The number of aliphatic hydroxyl groups is 1. The summed E-state index contributed by atoms with van der Waals surface area (Å²) < 4.78 is 36.7. The number of fused-ring (bicyclic) bond motifs is 1. The van der Waals surface area contributed by atoms with E-state index in [0.29, 0.717) is 0 Å². The highest BCUT2D eigenvalue weighted by atomic mass is 19.1. The largest absolute Gasteiger partial charge is 0.466 e. The van der Waals surface area contributed by atoms with Crippen LogP contribution >= 0.6 is 0 Å². The van der Waals surface area contributed by atoms with Crippen molar-refractivity contribution in [1.82, 2.24) is 9.55 Å². The number of esters is 1. The zero-order valence-electron chi connectivity index (χ0n) is 14.8. The maximum absolute atomic E-state index is 13.6. The van der Waals surface area contributed by atoms with Crippen molar-refractivity contribution in [2.75, 3.05) is 13.2 Å². The van der Waals surface area contributed by atoms with Crippen LogP contribution < -0.4 is 11.2 Å². The minimum atomic E-state index is -1.18. The lowest BCUT2D eigenvalue weighted by Gasteiger charge is -2.27. The Morgan fingerprint density at radius 2 is 2.11 bits per heavy atom. The number of nitrogens with one attached hydrogen (secondary N) is 1. The van der Waals surface area contributed by atoms with Gasteiger partial charge in [-0.05, 0) is 13.8 Å². The quantitative estimate of drug-likeness (QED) is 0.619. The number of hydrogen-bond acceptors (Lipinski definition) is 8. The van der Waals surface area contributed by atoms with E-state index in [1.807, 2.05) is 4.98 Å². The van der Waals surface area contributed by atoms with Gasteiger partial charge in [-0.15, -0.1) is 0 Å². The summed E-state index contributed by atoms with van der Waals surface area (Å²) in [5.41, 5.74) is -2.03. The van der Waals surface area contributed by atoms with Crippen LogP contribution in [0.2, 0.25) is 0 Å². The molecule has 27 heavy (non-hydrogen) atoms. The Morgan fingerprint density at radius 1 is 1.41 bits per heavy atom. The number of nitrogens with zero attached hydrogens (tertiary/aromatic N) is 1. The van der Waals surface area contributed by atoms with Crippen molar-refractivity contribution in [1.29, 1.82) is 0 Å². The van der Waals surface area contributed by atoms with E-state index in [9.17, 15) is 23.9 Å². The average molecular weight is 388 g/mol. The van der Waals surface area contributed by atoms with Crippen molar-refractivity contribution in [3.05, 3.63) is 32.9 Å². The molecule has 10 nitrogen and oxygen atoms in total. The highest BCUT2D eigenvalue weighted by Crippen LogP contribution is 2.44. The van der Waals surface area contributed by atoms with Crippen LogP contribution in [0.25, 0.3) is 0 Å². The summed E-state index contributed by atoms with van der Waals surface area (Å²) in [4.78, 5) is 36.7. The maximum atomic E-state index is 13.6. The normalized spacial score (nSPS) is 32.4. The third-order valence-corrected chi connectivity index (χ3v) is 4.52. The first-order chi connectivity index (χ1) is 12.8. The van der Waals surface area contributed by atoms with E-state index in [0.717, 1.165) is 10.8 Å². The monoisotopic (exact) mass is 388 g/mol. The molecule has 3 rings (SSSR count). The Kier molecular flexibility index (Phi) is 5.47. The van der Waals surface area contributed by atoms with E-state index in [1.165, 1.54) is 0 Å². The van der Waals surface area contributed by atoms with Crippen LogP contribution in [0, 0.1) is 5.82 Å². The predicted octanol–water partition coefficient (Wildman–Crippen LogP) is -0.591. The first-order valence-electron chi connectivity index (χ1n) is 8.56. The van der Waals surface area contributed by atoms with Crippen molar-refractivity contribution >= 4 is 5.97 Å². The van der Waals surface area contributed by atoms with Gasteiger partial charge in [0.05, 0.1) is 25.8 Å². The second kappa shape index (κ2) is 7.50. The maximum Gasteiger partial charge on any atom is 0.330 e. The number of aromatic nitrogens is 2.